The zero-order chi connectivity index (χ0) is 14.0. The van der Waals surface area contributed by atoms with Gasteiger partial charge in [-0.3, -0.25) is 4.79 Å². The molecule has 0 aliphatic carbocycles. The molecule has 0 amide bonds. The van der Waals surface area contributed by atoms with E-state index < -0.39 is 5.97 Å². The highest BCUT2D eigenvalue weighted by molar-refractivity contribution is 5.89. The summed E-state index contributed by atoms with van der Waals surface area (Å²) in [5.41, 5.74) is 0.413. The van der Waals surface area contributed by atoms with Crippen LogP contribution in [0.4, 0.5) is 0 Å². The second-order valence-electron chi connectivity index (χ2n) is 4.36. The topological polar surface area (TPSA) is 52.6 Å². The molecule has 0 rings (SSSR count). The van der Waals surface area contributed by atoms with Gasteiger partial charge in [0.05, 0.1) is 11.7 Å². The summed E-state index contributed by atoms with van der Waals surface area (Å²) >= 11 is 0. The fraction of sp³-hybridized carbons (Fsp3) is 0.714. The molecule has 0 saturated carbocycles. The lowest BCUT2D eigenvalue weighted by atomic mass is 10.2. The standard InChI is InChI=1S/C14H24O4/c1-5-7-9-13(15)17-10-12(8-6-2)14(16)18-11(3)4/h8,11H,5-7,9-10H2,1-4H3. The monoisotopic (exact) mass is 256 g/mol. The van der Waals surface area contributed by atoms with E-state index >= 15 is 0 Å². The highest BCUT2D eigenvalue weighted by Gasteiger charge is 2.14. The third-order valence-electron chi connectivity index (χ3n) is 2.18. The van der Waals surface area contributed by atoms with Gasteiger partial charge in [-0.1, -0.05) is 26.3 Å². The Morgan fingerprint density at radius 1 is 1.22 bits per heavy atom. The van der Waals surface area contributed by atoms with Crippen LogP contribution in [0.5, 0.6) is 0 Å². The summed E-state index contributed by atoms with van der Waals surface area (Å²) in [5, 5.41) is 0. The minimum absolute atomic E-state index is 0.00193. The first kappa shape index (κ1) is 16.7. The molecule has 0 fully saturated rings. The molecule has 0 atom stereocenters. The predicted molar refractivity (Wildman–Crippen MR) is 70.1 cm³/mol. The van der Waals surface area contributed by atoms with Crippen LogP contribution in [0.1, 0.15) is 53.4 Å². The highest BCUT2D eigenvalue weighted by atomic mass is 16.6. The van der Waals surface area contributed by atoms with E-state index in [1.54, 1.807) is 19.9 Å². The molecular formula is C14H24O4. The fourth-order valence-electron chi connectivity index (χ4n) is 1.29. The normalized spacial score (nSPS) is 11.5. The van der Waals surface area contributed by atoms with Crippen LogP contribution in [-0.2, 0) is 19.1 Å². The molecule has 0 heterocycles. The first-order chi connectivity index (χ1) is 8.51. The molecule has 0 aromatic rings. The second-order valence-corrected chi connectivity index (χ2v) is 4.36. The lowest BCUT2D eigenvalue weighted by Crippen LogP contribution is -2.18. The van der Waals surface area contributed by atoms with Crippen LogP contribution in [-0.4, -0.2) is 24.6 Å². The molecule has 0 aliphatic rings. The first-order valence-corrected chi connectivity index (χ1v) is 6.56. The van der Waals surface area contributed by atoms with E-state index in [4.69, 9.17) is 9.47 Å². The van der Waals surface area contributed by atoms with Gasteiger partial charge in [0.25, 0.3) is 0 Å². The number of allylic oxidation sites excluding steroid dienone is 1. The third kappa shape index (κ3) is 7.87. The van der Waals surface area contributed by atoms with Gasteiger partial charge in [0.1, 0.15) is 6.61 Å². The van der Waals surface area contributed by atoms with Gasteiger partial charge in [-0.05, 0) is 26.7 Å². The van der Waals surface area contributed by atoms with Crippen LogP contribution >= 0.6 is 0 Å². The number of carbonyl (C=O) groups is 2. The maximum Gasteiger partial charge on any atom is 0.337 e. The molecule has 4 nitrogen and oxygen atoms in total. The molecule has 0 unspecified atom stereocenters. The van der Waals surface area contributed by atoms with Crippen molar-refractivity contribution in [2.75, 3.05) is 6.61 Å². The quantitative estimate of drug-likeness (QED) is 0.495. The first-order valence-electron chi connectivity index (χ1n) is 6.56. The van der Waals surface area contributed by atoms with Gasteiger partial charge >= 0.3 is 11.9 Å². The molecule has 0 aromatic heterocycles. The molecule has 0 bridgehead atoms. The van der Waals surface area contributed by atoms with Crippen molar-refractivity contribution in [1.82, 2.24) is 0 Å². The van der Waals surface area contributed by atoms with Crippen molar-refractivity contribution in [3.8, 4) is 0 Å². The fourth-order valence-corrected chi connectivity index (χ4v) is 1.29. The van der Waals surface area contributed by atoms with Crippen LogP contribution in [0, 0.1) is 0 Å². The van der Waals surface area contributed by atoms with Crippen molar-refractivity contribution in [1.29, 1.82) is 0 Å². The average molecular weight is 256 g/mol. The second kappa shape index (κ2) is 9.68. The van der Waals surface area contributed by atoms with Crippen molar-refractivity contribution >= 4 is 11.9 Å². The van der Waals surface area contributed by atoms with Crippen molar-refractivity contribution in [2.24, 2.45) is 0 Å². The van der Waals surface area contributed by atoms with Crippen LogP contribution in [0.3, 0.4) is 0 Å². The van der Waals surface area contributed by atoms with Gasteiger partial charge in [-0.15, -0.1) is 0 Å². The van der Waals surface area contributed by atoms with Gasteiger partial charge < -0.3 is 9.47 Å². The van der Waals surface area contributed by atoms with Crippen LogP contribution in [0.2, 0.25) is 0 Å². The Hall–Kier alpha value is -1.32. The number of carbonyl (C=O) groups excluding carboxylic acids is 2. The summed E-state index contributed by atoms with van der Waals surface area (Å²) in [7, 11) is 0. The molecule has 4 heteroatoms. The van der Waals surface area contributed by atoms with Gasteiger partial charge in [-0.2, -0.15) is 0 Å². The zero-order valence-corrected chi connectivity index (χ0v) is 11.8. The number of esters is 2. The number of rotatable bonds is 8. The summed E-state index contributed by atoms with van der Waals surface area (Å²) in [6, 6.07) is 0. The summed E-state index contributed by atoms with van der Waals surface area (Å²) < 4.78 is 10.1. The average Bonchev–Trinajstić information content (AvgIpc) is 2.30. The van der Waals surface area contributed by atoms with E-state index in [1.165, 1.54) is 0 Å². The number of unbranched alkanes of at least 4 members (excludes halogenated alkanes) is 1. The Morgan fingerprint density at radius 2 is 1.89 bits per heavy atom. The molecular weight excluding hydrogens is 232 g/mol. The van der Waals surface area contributed by atoms with Crippen molar-refractivity contribution in [3.05, 3.63) is 11.6 Å². The van der Waals surface area contributed by atoms with E-state index in [0.717, 1.165) is 12.8 Å². The SMILES string of the molecule is CCC=C(COC(=O)CCCC)C(=O)OC(C)C. The van der Waals surface area contributed by atoms with Crippen LogP contribution < -0.4 is 0 Å². The highest BCUT2D eigenvalue weighted by Crippen LogP contribution is 2.06. The number of hydrogen-bond donors (Lipinski definition) is 0. The van der Waals surface area contributed by atoms with E-state index in [-0.39, 0.29) is 18.7 Å². The minimum atomic E-state index is -0.407. The Labute approximate surface area is 109 Å². The van der Waals surface area contributed by atoms with Crippen molar-refractivity contribution < 1.29 is 19.1 Å². The Kier molecular flexibility index (Phi) is 8.97. The smallest absolute Gasteiger partial charge is 0.337 e. The molecule has 104 valence electrons. The Bertz CT molecular complexity index is 292. The maximum atomic E-state index is 11.7. The summed E-state index contributed by atoms with van der Waals surface area (Å²) in [6.45, 7) is 7.50. The lowest BCUT2D eigenvalue weighted by molar-refractivity contribution is -0.146. The molecule has 0 N–H and O–H groups in total. The molecule has 0 saturated heterocycles. The van der Waals surface area contributed by atoms with Gasteiger partial charge in [0, 0.05) is 6.42 Å². The third-order valence-corrected chi connectivity index (χ3v) is 2.18. The largest absolute Gasteiger partial charge is 0.461 e. The van der Waals surface area contributed by atoms with E-state index in [9.17, 15) is 9.59 Å². The molecule has 18 heavy (non-hydrogen) atoms. The van der Waals surface area contributed by atoms with Crippen LogP contribution in [0.15, 0.2) is 11.6 Å². The predicted octanol–water partition coefficient (Wildman–Crippen LogP) is 3.01. The molecule has 0 aromatic carbocycles. The Balaban J connectivity index is 4.25. The van der Waals surface area contributed by atoms with Gasteiger partial charge in [0.2, 0.25) is 0 Å². The van der Waals surface area contributed by atoms with E-state index in [2.05, 4.69) is 0 Å². The molecule has 0 radical (unpaired) electrons. The summed E-state index contributed by atoms with van der Waals surface area (Å²) in [4.78, 5) is 23.0. The number of ether oxygens (including phenoxy) is 2. The summed E-state index contributed by atoms with van der Waals surface area (Å²) in [5.74, 6) is -0.675. The lowest BCUT2D eigenvalue weighted by Gasteiger charge is -2.11. The summed E-state index contributed by atoms with van der Waals surface area (Å²) in [6.07, 6.45) is 4.42. The van der Waals surface area contributed by atoms with E-state index in [0.29, 0.717) is 18.4 Å². The minimum Gasteiger partial charge on any atom is -0.461 e. The van der Waals surface area contributed by atoms with Crippen molar-refractivity contribution in [3.63, 3.8) is 0 Å². The van der Waals surface area contributed by atoms with Crippen LogP contribution in [0.25, 0.3) is 0 Å². The van der Waals surface area contributed by atoms with Gasteiger partial charge in [-0.25, -0.2) is 4.79 Å². The molecule has 0 aliphatic heterocycles. The van der Waals surface area contributed by atoms with E-state index in [1.807, 2.05) is 13.8 Å². The maximum absolute atomic E-state index is 11.7. The Morgan fingerprint density at radius 3 is 2.39 bits per heavy atom. The number of hydrogen-bond acceptors (Lipinski definition) is 4. The molecule has 0 spiro atoms. The van der Waals surface area contributed by atoms with Gasteiger partial charge in [0.15, 0.2) is 0 Å². The zero-order valence-electron chi connectivity index (χ0n) is 11.8. The van der Waals surface area contributed by atoms with Crippen molar-refractivity contribution in [2.45, 2.75) is 59.5 Å².